The molecule has 2 heterocycles. The third-order valence-corrected chi connectivity index (χ3v) is 5.91. The quantitative estimate of drug-likeness (QED) is 0.819. The van der Waals surface area contributed by atoms with E-state index in [4.69, 9.17) is 0 Å². The van der Waals surface area contributed by atoms with Crippen LogP contribution in [0, 0.1) is 0 Å². The van der Waals surface area contributed by atoms with Crippen molar-refractivity contribution in [3.63, 3.8) is 0 Å². The molecule has 2 aromatic rings. The normalized spacial score (nSPS) is 17.2. The molecule has 27 heavy (non-hydrogen) atoms. The van der Waals surface area contributed by atoms with Crippen LogP contribution in [0.1, 0.15) is 58.9 Å². The lowest BCUT2D eigenvalue weighted by Crippen LogP contribution is -2.47. The van der Waals surface area contributed by atoms with Crippen molar-refractivity contribution < 1.29 is 9.59 Å². The first-order valence-corrected chi connectivity index (χ1v) is 10.3. The Kier molecular flexibility index (Phi) is 6.29. The van der Waals surface area contributed by atoms with Gasteiger partial charge < -0.3 is 15.5 Å². The lowest BCUT2D eigenvalue weighted by atomic mass is 10.0. The van der Waals surface area contributed by atoms with Crippen LogP contribution in [0.3, 0.4) is 0 Å². The Labute approximate surface area is 164 Å². The molecule has 0 bridgehead atoms. The van der Waals surface area contributed by atoms with Crippen LogP contribution in [0.25, 0.3) is 0 Å². The molecule has 0 aliphatic carbocycles. The fourth-order valence-electron chi connectivity index (χ4n) is 3.34. The van der Waals surface area contributed by atoms with Gasteiger partial charge in [0, 0.05) is 24.7 Å². The zero-order valence-electron chi connectivity index (χ0n) is 16.1. The third kappa shape index (κ3) is 4.57. The van der Waals surface area contributed by atoms with Gasteiger partial charge in [-0.15, -0.1) is 11.3 Å². The average molecular weight is 386 g/mol. The Balaban J connectivity index is 1.71. The van der Waals surface area contributed by atoms with Crippen molar-refractivity contribution in [2.45, 2.75) is 38.6 Å². The molecular weight excluding hydrogens is 358 g/mol. The molecule has 2 amide bonds. The topological polar surface area (TPSA) is 61.4 Å². The summed E-state index contributed by atoms with van der Waals surface area (Å²) in [6.07, 6.45) is 2.07. The van der Waals surface area contributed by atoms with Crippen LogP contribution in [0.5, 0.6) is 0 Å². The molecule has 1 aromatic carbocycles. The highest BCUT2D eigenvalue weighted by Crippen LogP contribution is 2.27. The molecule has 1 aliphatic rings. The van der Waals surface area contributed by atoms with Crippen LogP contribution in [0.15, 0.2) is 35.7 Å². The minimum absolute atomic E-state index is 0.0124. The zero-order valence-corrected chi connectivity index (χ0v) is 16.9. The van der Waals surface area contributed by atoms with Crippen molar-refractivity contribution in [2.75, 3.05) is 25.5 Å². The molecule has 5 nitrogen and oxygen atoms in total. The van der Waals surface area contributed by atoms with Crippen LogP contribution in [0.2, 0.25) is 0 Å². The van der Waals surface area contributed by atoms with Crippen molar-refractivity contribution in [3.8, 4) is 0 Å². The van der Waals surface area contributed by atoms with E-state index in [0.717, 1.165) is 19.4 Å². The summed E-state index contributed by atoms with van der Waals surface area (Å²) in [5, 5.41) is 8.64. The predicted molar refractivity (Wildman–Crippen MR) is 111 cm³/mol. The van der Waals surface area contributed by atoms with Gasteiger partial charge in [0.2, 0.25) is 0 Å². The fraction of sp³-hybridized carbons (Fsp3) is 0.429. The highest BCUT2D eigenvalue weighted by Gasteiger charge is 2.26. The molecule has 2 N–H and O–H groups in total. The van der Waals surface area contributed by atoms with Gasteiger partial charge in [-0.05, 0) is 54.9 Å². The Hall–Kier alpha value is -2.18. The highest BCUT2D eigenvalue weighted by molar-refractivity contribution is 7.14. The van der Waals surface area contributed by atoms with E-state index in [1.165, 1.54) is 16.9 Å². The number of nitrogens with zero attached hydrogens (tertiary/aromatic N) is 1. The molecular formula is C21H27N3O2S. The van der Waals surface area contributed by atoms with Crippen LogP contribution < -0.4 is 10.6 Å². The number of piperidine rings is 1. The summed E-state index contributed by atoms with van der Waals surface area (Å²) in [7, 11) is 1.93. The maximum absolute atomic E-state index is 12.9. The number of likely N-dealkylation sites (N-methyl/N-ethyl adjacent to an activating group) is 1. The van der Waals surface area contributed by atoms with Gasteiger partial charge in [0.1, 0.15) is 5.00 Å². The van der Waals surface area contributed by atoms with Crippen molar-refractivity contribution in [1.29, 1.82) is 0 Å². The zero-order chi connectivity index (χ0) is 19.4. The first-order valence-electron chi connectivity index (χ1n) is 9.45. The van der Waals surface area contributed by atoms with E-state index < -0.39 is 0 Å². The Morgan fingerprint density at radius 1 is 1.19 bits per heavy atom. The molecule has 1 saturated heterocycles. The number of rotatable bonds is 5. The number of nitrogens with one attached hydrogen (secondary N) is 2. The fourth-order valence-corrected chi connectivity index (χ4v) is 4.11. The molecule has 1 fully saturated rings. The largest absolute Gasteiger partial charge is 0.337 e. The van der Waals surface area contributed by atoms with Crippen LogP contribution in [-0.4, -0.2) is 42.9 Å². The summed E-state index contributed by atoms with van der Waals surface area (Å²) in [6, 6.07) is 9.76. The number of thiophene rings is 1. The average Bonchev–Trinajstić information content (AvgIpc) is 3.15. The number of benzene rings is 1. The van der Waals surface area contributed by atoms with Gasteiger partial charge in [0.15, 0.2) is 0 Å². The minimum atomic E-state index is -0.187. The van der Waals surface area contributed by atoms with Crippen LogP contribution >= 0.6 is 11.3 Å². The second-order valence-corrected chi connectivity index (χ2v) is 8.19. The molecule has 144 valence electrons. The van der Waals surface area contributed by atoms with Crippen LogP contribution in [-0.2, 0) is 0 Å². The second-order valence-electron chi connectivity index (χ2n) is 7.27. The smallest absolute Gasteiger partial charge is 0.256 e. The monoisotopic (exact) mass is 385 g/mol. The molecule has 0 spiro atoms. The standard InChI is InChI=1S/C21H27N3O2S/c1-14(2)15-6-8-16(9-7-15)19(25)23-20-18(10-12-27-20)21(26)24-11-4-5-17(13-24)22-3/h6-10,12,14,17,22H,4-5,11,13H2,1-3H3,(H,23,25). The predicted octanol–water partition coefficient (Wildman–Crippen LogP) is 3.95. The SMILES string of the molecule is CNC1CCCN(C(=O)c2ccsc2NC(=O)c2ccc(C(C)C)cc2)C1. The molecule has 1 unspecified atom stereocenters. The lowest BCUT2D eigenvalue weighted by Gasteiger charge is -2.32. The van der Waals surface area contributed by atoms with E-state index in [1.54, 1.807) is 6.07 Å². The van der Waals surface area contributed by atoms with E-state index in [-0.39, 0.29) is 11.8 Å². The van der Waals surface area contributed by atoms with Gasteiger partial charge in [-0.25, -0.2) is 0 Å². The Morgan fingerprint density at radius 3 is 2.59 bits per heavy atom. The van der Waals surface area contributed by atoms with Crippen molar-refractivity contribution >= 4 is 28.2 Å². The first-order chi connectivity index (χ1) is 13.0. The molecule has 0 saturated carbocycles. The molecule has 6 heteroatoms. The summed E-state index contributed by atoms with van der Waals surface area (Å²) in [5.41, 5.74) is 2.37. The lowest BCUT2D eigenvalue weighted by molar-refractivity contribution is 0.0699. The summed E-state index contributed by atoms with van der Waals surface area (Å²) < 4.78 is 0. The molecule has 1 aliphatic heterocycles. The maximum atomic E-state index is 12.9. The van der Waals surface area contributed by atoms with Gasteiger partial charge in [-0.3, -0.25) is 9.59 Å². The molecule has 1 atom stereocenters. The summed E-state index contributed by atoms with van der Waals surface area (Å²) >= 11 is 1.38. The summed E-state index contributed by atoms with van der Waals surface area (Å²) in [6.45, 7) is 5.71. The number of carbonyl (C=O) groups excluding carboxylic acids is 2. The van der Waals surface area contributed by atoms with Crippen molar-refractivity contribution in [3.05, 3.63) is 52.4 Å². The van der Waals surface area contributed by atoms with E-state index >= 15 is 0 Å². The maximum Gasteiger partial charge on any atom is 0.256 e. The third-order valence-electron chi connectivity index (χ3n) is 5.08. The van der Waals surface area contributed by atoms with E-state index in [1.807, 2.05) is 41.6 Å². The molecule has 3 rings (SSSR count). The first kappa shape index (κ1) is 19.6. The number of hydrogen-bond donors (Lipinski definition) is 2. The van der Waals surface area contributed by atoms with Gasteiger partial charge >= 0.3 is 0 Å². The minimum Gasteiger partial charge on any atom is -0.337 e. The Morgan fingerprint density at radius 2 is 1.93 bits per heavy atom. The van der Waals surface area contributed by atoms with Gasteiger partial charge in [-0.1, -0.05) is 26.0 Å². The number of hydrogen-bond acceptors (Lipinski definition) is 4. The van der Waals surface area contributed by atoms with E-state index in [0.29, 0.717) is 34.6 Å². The van der Waals surface area contributed by atoms with Gasteiger partial charge in [0.05, 0.1) is 5.56 Å². The van der Waals surface area contributed by atoms with Gasteiger partial charge in [0.25, 0.3) is 11.8 Å². The van der Waals surface area contributed by atoms with Crippen molar-refractivity contribution in [1.82, 2.24) is 10.2 Å². The summed E-state index contributed by atoms with van der Waals surface area (Å²) in [4.78, 5) is 27.4. The summed E-state index contributed by atoms with van der Waals surface area (Å²) in [5.74, 6) is 0.227. The second kappa shape index (κ2) is 8.67. The van der Waals surface area contributed by atoms with Crippen molar-refractivity contribution in [2.24, 2.45) is 0 Å². The van der Waals surface area contributed by atoms with Crippen LogP contribution in [0.4, 0.5) is 5.00 Å². The van der Waals surface area contributed by atoms with E-state index in [9.17, 15) is 9.59 Å². The number of carbonyl (C=O) groups is 2. The highest BCUT2D eigenvalue weighted by atomic mass is 32.1. The van der Waals surface area contributed by atoms with E-state index in [2.05, 4.69) is 24.5 Å². The molecule has 0 radical (unpaired) electrons. The van der Waals surface area contributed by atoms with Gasteiger partial charge in [-0.2, -0.15) is 0 Å². The Bertz CT molecular complexity index is 798. The number of amides is 2. The molecule has 1 aromatic heterocycles. The number of anilines is 1. The number of likely N-dealkylation sites (tertiary alicyclic amines) is 1.